The third-order valence-corrected chi connectivity index (χ3v) is 3.54. The normalized spacial score (nSPS) is 11.5. The molecule has 0 spiro atoms. The maximum absolute atomic E-state index is 10.3. The van der Waals surface area contributed by atoms with Crippen molar-refractivity contribution in [2.75, 3.05) is 0 Å². The minimum Gasteiger partial charge on any atom is -0.481 e. The quantitative estimate of drug-likeness (QED) is 0.225. The van der Waals surface area contributed by atoms with Crippen LogP contribution in [0.25, 0.3) is 0 Å². The fourth-order valence-electron chi connectivity index (χ4n) is 2.25. The Labute approximate surface area is 165 Å². The molecule has 2 nitrogen and oxygen atoms in total. The van der Waals surface area contributed by atoms with Gasteiger partial charge in [0.25, 0.3) is 0 Å². The van der Waals surface area contributed by atoms with E-state index < -0.39 is 5.97 Å². The van der Waals surface area contributed by atoms with Gasteiger partial charge in [-0.2, -0.15) is 0 Å². The van der Waals surface area contributed by atoms with Gasteiger partial charge in [-0.3, -0.25) is 4.79 Å². The molecular formula is C20H34NaO2. The van der Waals surface area contributed by atoms with Crippen LogP contribution in [0.1, 0.15) is 84.0 Å². The molecule has 23 heavy (non-hydrogen) atoms. The summed E-state index contributed by atoms with van der Waals surface area (Å²) in [4.78, 5) is 10.3. The summed E-state index contributed by atoms with van der Waals surface area (Å²) in [6, 6.07) is 0. The van der Waals surface area contributed by atoms with Crippen molar-refractivity contribution in [1.29, 1.82) is 0 Å². The van der Waals surface area contributed by atoms with Crippen LogP contribution in [0.4, 0.5) is 0 Å². The zero-order chi connectivity index (χ0) is 16.3. The average Bonchev–Trinajstić information content (AvgIpc) is 2.50. The number of carbonyl (C=O) groups is 1. The van der Waals surface area contributed by atoms with Gasteiger partial charge in [0.05, 0.1) is 0 Å². The van der Waals surface area contributed by atoms with Crippen molar-refractivity contribution < 1.29 is 9.90 Å². The van der Waals surface area contributed by atoms with Crippen LogP contribution in [-0.2, 0) is 4.79 Å². The molecule has 127 valence electrons. The van der Waals surface area contributed by atoms with Gasteiger partial charge in [0.15, 0.2) is 0 Å². The molecule has 0 aliphatic carbocycles. The molecule has 0 fully saturated rings. The van der Waals surface area contributed by atoms with Gasteiger partial charge in [0.1, 0.15) is 0 Å². The van der Waals surface area contributed by atoms with E-state index in [1.807, 2.05) is 0 Å². The van der Waals surface area contributed by atoms with Crippen molar-refractivity contribution in [3.05, 3.63) is 36.5 Å². The van der Waals surface area contributed by atoms with Crippen LogP contribution in [0, 0.1) is 0 Å². The Balaban J connectivity index is 0. The van der Waals surface area contributed by atoms with E-state index in [2.05, 4.69) is 43.4 Å². The molecule has 0 aromatic heterocycles. The van der Waals surface area contributed by atoms with E-state index in [1.54, 1.807) is 0 Å². The fourth-order valence-corrected chi connectivity index (χ4v) is 2.25. The Morgan fingerprint density at radius 3 is 1.78 bits per heavy atom. The first-order chi connectivity index (χ1) is 10.8. The Hall–Kier alpha value is -0.310. The molecule has 0 aromatic carbocycles. The van der Waals surface area contributed by atoms with Crippen molar-refractivity contribution in [2.24, 2.45) is 0 Å². The largest absolute Gasteiger partial charge is 0.481 e. The Morgan fingerprint density at radius 2 is 1.22 bits per heavy atom. The van der Waals surface area contributed by atoms with Crippen molar-refractivity contribution in [1.82, 2.24) is 0 Å². The summed E-state index contributed by atoms with van der Waals surface area (Å²) < 4.78 is 0. The van der Waals surface area contributed by atoms with Gasteiger partial charge in [-0.15, -0.1) is 0 Å². The smallest absolute Gasteiger partial charge is 0.303 e. The second-order valence-electron chi connectivity index (χ2n) is 5.70. The second kappa shape index (κ2) is 21.7. The van der Waals surface area contributed by atoms with Crippen LogP contribution in [-0.4, -0.2) is 40.6 Å². The SMILES string of the molecule is CC/C=C\C/C=C\C/C=C\CCCCCCCCCC(=O)O.[Na]. The number of unbranched alkanes of at least 4 members (excludes halogenated alkanes) is 7. The number of carboxylic acids is 1. The van der Waals surface area contributed by atoms with Crippen molar-refractivity contribution in [2.45, 2.75) is 84.0 Å². The molecule has 0 atom stereocenters. The zero-order valence-corrected chi connectivity index (χ0v) is 17.3. The van der Waals surface area contributed by atoms with Crippen LogP contribution in [0.15, 0.2) is 36.5 Å². The molecule has 0 aliphatic rings. The molecule has 3 heteroatoms. The number of hydrogen-bond donors (Lipinski definition) is 1. The average molecular weight is 329 g/mol. The summed E-state index contributed by atoms with van der Waals surface area (Å²) in [6.07, 6.45) is 26.3. The Kier molecular flexibility index (Phi) is 23.5. The zero-order valence-electron chi connectivity index (χ0n) is 15.3. The maximum atomic E-state index is 10.3. The molecule has 0 unspecified atom stereocenters. The van der Waals surface area contributed by atoms with Gasteiger partial charge in [0, 0.05) is 36.0 Å². The van der Waals surface area contributed by atoms with Gasteiger partial charge < -0.3 is 5.11 Å². The van der Waals surface area contributed by atoms with Gasteiger partial charge in [-0.1, -0.05) is 75.5 Å². The number of carboxylic acid groups (broad SMARTS) is 1. The number of allylic oxidation sites excluding steroid dienone is 6. The van der Waals surface area contributed by atoms with Crippen LogP contribution in [0.3, 0.4) is 0 Å². The summed E-state index contributed by atoms with van der Waals surface area (Å²) in [5.41, 5.74) is 0. The predicted molar refractivity (Wildman–Crippen MR) is 102 cm³/mol. The fraction of sp³-hybridized carbons (Fsp3) is 0.650. The van der Waals surface area contributed by atoms with Crippen LogP contribution < -0.4 is 0 Å². The Bertz CT molecular complexity index is 333. The van der Waals surface area contributed by atoms with E-state index in [4.69, 9.17) is 5.11 Å². The summed E-state index contributed by atoms with van der Waals surface area (Å²) >= 11 is 0. The molecule has 1 radical (unpaired) electrons. The van der Waals surface area contributed by atoms with E-state index in [0.717, 1.165) is 32.1 Å². The van der Waals surface area contributed by atoms with Crippen molar-refractivity contribution in [3.63, 3.8) is 0 Å². The van der Waals surface area contributed by atoms with Gasteiger partial charge in [0.2, 0.25) is 0 Å². The minimum atomic E-state index is -0.668. The number of rotatable bonds is 15. The van der Waals surface area contributed by atoms with E-state index in [0.29, 0.717) is 6.42 Å². The first-order valence-corrected chi connectivity index (χ1v) is 8.94. The summed E-state index contributed by atoms with van der Waals surface area (Å²) in [6.45, 7) is 2.16. The van der Waals surface area contributed by atoms with Crippen molar-refractivity contribution in [3.8, 4) is 0 Å². The van der Waals surface area contributed by atoms with Crippen LogP contribution in [0.2, 0.25) is 0 Å². The molecule has 0 aliphatic heterocycles. The summed E-state index contributed by atoms with van der Waals surface area (Å²) in [7, 11) is 0. The van der Waals surface area contributed by atoms with E-state index in [-0.39, 0.29) is 29.6 Å². The molecular weight excluding hydrogens is 295 g/mol. The molecule has 0 rings (SSSR count). The molecule has 1 N–H and O–H groups in total. The van der Waals surface area contributed by atoms with Crippen LogP contribution >= 0.6 is 0 Å². The molecule has 0 bridgehead atoms. The predicted octanol–water partition coefficient (Wildman–Crippen LogP) is 6.06. The topological polar surface area (TPSA) is 37.3 Å². The molecule has 0 saturated heterocycles. The summed E-state index contributed by atoms with van der Waals surface area (Å²) in [5, 5.41) is 8.53. The van der Waals surface area contributed by atoms with Gasteiger partial charge >= 0.3 is 5.97 Å². The van der Waals surface area contributed by atoms with Gasteiger partial charge in [-0.25, -0.2) is 0 Å². The summed E-state index contributed by atoms with van der Waals surface area (Å²) in [5.74, 6) is -0.668. The second-order valence-corrected chi connectivity index (χ2v) is 5.70. The Morgan fingerprint density at radius 1 is 0.739 bits per heavy atom. The number of aliphatic carboxylic acids is 1. The van der Waals surface area contributed by atoms with Crippen LogP contribution in [0.5, 0.6) is 0 Å². The van der Waals surface area contributed by atoms with Crippen molar-refractivity contribution >= 4 is 35.5 Å². The molecule has 0 saturated carbocycles. The monoisotopic (exact) mass is 329 g/mol. The van der Waals surface area contributed by atoms with Gasteiger partial charge in [-0.05, 0) is 38.5 Å². The molecule has 0 heterocycles. The van der Waals surface area contributed by atoms with E-state index in [1.165, 1.54) is 38.5 Å². The number of hydrogen-bond acceptors (Lipinski definition) is 1. The standard InChI is InChI=1S/C20H34O2.Na/c1-2-3-4-5-6-7-8-9-10-11-12-13-14-15-16-17-18-19-20(21)22;/h3-4,6-7,9-10H,2,5,8,11-19H2,1H3,(H,21,22);/b4-3-,7-6-,10-9-;. The minimum absolute atomic E-state index is 0. The third-order valence-electron chi connectivity index (χ3n) is 3.54. The molecule has 0 amide bonds. The first kappa shape index (κ1) is 24.9. The third kappa shape index (κ3) is 24.1. The molecule has 0 aromatic rings. The first-order valence-electron chi connectivity index (χ1n) is 8.94. The van der Waals surface area contributed by atoms with E-state index >= 15 is 0 Å². The van der Waals surface area contributed by atoms with E-state index in [9.17, 15) is 4.79 Å². The maximum Gasteiger partial charge on any atom is 0.303 e.